The number of nitrogens with two attached hydrogens (primary N) is 2. The van der Waals surface area contributed by atoms with Crippen molar-refractivity contribution in [1.29, 1.82) is 0 Å². The van der Waals surface area contributed by atoms with Crippen LogP contribution in [-0.4, -0.2) is 59.5 Å². The molecule has 0 saturated carbocycles. The lowest BCUT2D eigenvalue weighted by Gasteiger charge is -2.26. The zero-order chi connectivity index (χ0) is 27.3. The van der Waals surface area contributed by atoms with Gasteiger partial charge >= 0.3 is 5.97 Å². The maximum absolute atomic E-state index is 13.3. The van der Waals surface area contributed by atoms with Gasteiger partial charge < -0.3 is 32.5 Å². The fourth-order valence-electron chi connectivity index (χ4n) is 3.75. The number of carboxylic acids is 1. The molecule has 4 unspecified atom stereocenters. The molecular weight excluding hydrogens is 462 g/mol. The lowest BCUT2D eigenvalue weighted by molar-refractivity contribution is -0.143. The van der Waals surface area contributed by atoms with Crippen LogP contribution in [0.4, 0.5) is 0 Å². The molecule has 1 aromatic carbocycles. The first kappa shape index (κ1) is 31.1. The second-order valence-electron chi connectivity index (χ2n) is 9.90. The van der Waals surface area contributed by atoms with Gasteiger partial charge in [-0.2, -0.15) is 0 Å². The molecule has 0 spiro atoms. The molecule has 0 aliphatic rings. The maximum Gasteiger partial charge on any atom is 0.326 e. The van der Waals surface area contributed by atoms with E-state index in [1.165, 1.54) is 0 Å². The van der Waals surface area contributed by atoms with E-state index in [2.05, 4.69) is 16.0 Å². The zero-order valence-electron chi connectivity index (χ0n) is 21.8. The van der Waals surface area contributed by atoms with E-state index < -0.39 is 47.9 Å². The number of carbonyl (C=O) groups excluding carboxylic acids is 3. The molecular formula is C26H43N5O5. The van der Waals surface area contributed by atoms with Gasteiger partial charge in [-0.15, -0.1) is 0 Å². The minimum atomic E-state index is -1.15. The number of hydrogen-bond donors (Lipinski definition) is 6. The van der Waals surface area contributed by atoms with Gasteiger partial charge in [-0.05, 0) is 49.6 Å². The smallest absolute Gasteiger partial charge is 0.326 e. The van der Waals surface area contributed by atoms with Crippen molar-refractivity contribution in [3.63, 3.8) is 0 Å². The molecule has 0 aliphatic carbocycles. The van der Waals surface area contributed by atoms with Crippen molar-refractivity contribution < 1.29 is 24.3 Å². The molecule has 0 aliphatic heterocycles. The molecule has 10 nitrogen and oxygen atoms in total. The van der Waals surface area contributed by atoms with Crippen molar-refractivity contribution in [3.8, 4) is 0 Å². The number of benzene rings is 1. The van der Waals surface area contributed by atoms with Crippen molar-refractivity contribution in [2.45, 2.75) is 84.0 Å². The molecule has 0 radical (unpaired) electrons. The summed E-state index contributed by atoms with van der Waals surface area (Å²) in [5, 5.41) is 17.4. The number of carbonyl (C=O) groups is 4. The average molecular weight is 506 g/mol. The topological polar surface area (TPSA) is 177 Å². The van der Waals surface area contributed by atoms with Crippen LogP contribution in [0.3, 0.4) is 0 Å². The van der Waals surface area contributed by atoms with Crippen molar-refractivity contribution in [2.75, 3.05) is 6.54 Å². The second-order valence-corrected chi connectivity index (χ2v) is 9.90. The van der Waals surface area contributed by atoms with Crippen LogP contribution in [-0.2, 0) is 25.6 Å². The molecule has 0 heterocycles. The Morgan fingerprint density at radius 2 is 1.44 bits per heavy atom. The number of hydrogen-bond acceptors (Lipinski definition) is 6. The summed E-state index contributed by atoms with van der Waals surface area (Å²) in [5.74, 6) is -2.89. The molecule has 10 heteroatoms. The number of amides is 3. The van der Waals surface area contributed by atoms with Crippen molar-refractivity contribution in [3.05, 3.63) is 35.9 Å². The van der Waals surface area contributed by atoms with Crippen LogP contribution in [0.5, 0.6) is 0 Å². The van der Waals surface area contributed by atoms with E-state index >= 15 is 0 Å². The van der Waals surface area contributed by atoms with Gasteiger partial charge in [-0.1, -0.05) is 58.0 Å². The Hall–Kier alpha value is -2.98. The van der Waals surface area contributed by atoms with Gasteiger partial charge in [0.2, 0.25) is 17.7 Å². The summed E-state index contributed by atoms with van der Waals surface area (Å²) >= 11 is 0. The molecule has 8 N–H and O–H groups in total. The molecule has 0 fully saturated rings. The summed E-state index contributed by atoms with van der Waals surface area (Å²) in [6.07, 6.45) is 2.14. The summed E-state index contributed by atoms with van der Waals surface area (Å²) in [5.41, 5.74) is 12.4. The summed E-state index contributed by atoms with van der Waals surface area (Å²) in [7, 11) is 0. The predicted molar refractivity (Wildman–Crippen MR) is 139 cm³/mol. The number of carboxylic acid groups (broad SMARTS) is 1. The van der Waals surface area contributed by atoms with Crippen LogP contribution < -0.4 is 27.4 Å². The first-order valence-electron chi connectivity index (χ1n) is 12.6. The molecule has 4 atom stereocenters. The summed E-state index contributed by atoms with van der Waals surface area (Å²) in [6, 6.07) is 5.36. The van der Waals surface area contributed by atoms with E-state index in [-0.39, 0.29) is 24.7 Å². The molecule has 0 bridgehead atoms. The van der Waals surface area contributed by atoms with Gasteiger partial charge in [0.05, 0.1) is 6.04 Å². The van der Waals surface area contributed by atoms with Gasteiger partial charge in [0.15, 0.2) is 0 Å². The minimum absolute atomic E-state index is 0.200. The Morgan fingerprint density at radius 1 is 0.861 bits per heavy atom. The van der Waals surface area contributed by atoms with Crippen molar-refractivity contribution >= 4 is 23.7 Å². The highest BCUT2D eigenvalue weighted by Gasteiger charge is 2.31. The standard InChI is InChI=1S/C26H43N5O5/c1-16(2)14-19(28)23(32)30-21(15-18-10-6-5-7-11-18)25(34)29-20(12-8-9-13-27)24(33)31-22(17(3)4)26(35)36/h5-7,10-11,16-17,19-22H,8-9,12-15,27-28H2,1-4H3,(H,29,34)(H,30,32)(H,31,33)(H,35,36). The quantitative estimate of drug-likeness (QED) is 0.181. The number of rotatable bonds is 16. The Labute approximate surface area is 213 Å². The van der Waals surface area contributed by atoms with Crippen LogP contribution in [0.25, 0.3) is 0 Å². The Morgan fingerprint density at radius 3 is 1.97 bits per heavy atom. The lowest BCUT2D eigenvalue weighted by Crippen LogP contribution is -2.58. The van der Waals surface area contributed by atoms with E-state index in [0.717, 1.165) is 5.56 Å². The normalized spacial score (nSPS) is 14.6. The third-order valence-electron chi connectivity index (χ3n) is 5.79. The van der Waals surface area contributed by atoms with E-state index in [4.69, 9.17) is 11.5 Å². The monoisotopic (exact) mass is 505 g/mol. The van der Waals surface area contributed by atoms with Crippen LogP contribution >= 0.6 is 0 Å². The van der Waals surface area contributed by atoms with Gasteiger partial charge in [-0.3, -0.25) is 14.4 Å². The highest BCUT2D eigenvalue weighted by Crippen LogP contribution is 2.09. The van der Waals surface area contributed by atoms with Gasteiger partial charge in [0.1, 0.15) is 18.1 Å². The van der Waals surface area contributed by atoms with Crippen LogP contribution in [0, 0.1) is 11.8 Å². The predicted octanol–water partition coefficient (Wildman–Crippen LogP) is 0.927. The number of aliphatic carboxylic acids is 1. The van der Waals surface area contributed by atoms with E-state index in [1.54, 1.807) is 13.8 Å². The van der Waals surface area contributed by atoms with Crippen molar-refractivity contribution in [2.24, 2.45) is 23.3 Å². The Balaban J connectivity index is 3.10. The highest BCUT2D eigenvalue weighted by molar-refractivity contribution is 5.94. The minimum Gasteiger partial charge on any atom is -0.480 e. The summed E-state index contributed by atoms with van der Waals surface area (Å²) in [6.45, 7) is 7.70. The summed E-state index contributed by atoms with van der Waals surface area (Å²) < 4.78 is 0. The Kier molecular flexibility index (Phi) is 13.7. The number of nitrogens with one attached hydrogen (secondary N) is 3. The molecule has 0 aromatic heterocycles. The van der Waals surface area contributed by atoms with Crippen LogP contribution in [0.15, 0.2) is 30.3 Å². The highest BCUT2D eigenvalue weighted by atomic mass is 16.4. The molecule has 1 aromatic rings. The molecule has 36 heavy (non-hydrogen) atoms. The maximum atomic E-state index is 13.3. The first-order chi connectivity index (χ1) is 17.0. The third-order valence-corrected chi connectivity index (χ3v) is 5.79. The van der Waals surface area contributed by atoms with Crippen LogP contribution in [0.1, 0.15) is 58.9 Å². The molecule has 202 valence electrons. The molecule has 1 rings (SSSR count). The Bertz CT molecular complexity index is 846. The fourth-order valence-corrected chi connectivity index (χ4v) is 3.75. The van der Waals surface area contributed by atoms with Gasteiger partial charge in [0, 0.05) is 6.42 Å². The van der Waals surface area contributed by atoms with Gasteiger partial charge in [0.25, 0.3) is 0 Å². The molecule has 3 amide bonds. The largest absolute Gasteiger partial charge is 0.480 e. The van der Waals surface area contributed by atoms with Crippen LogP contribution in [0.2, 0.25) is 0 Å². The average Bonchev–Trinajstić information content (AvgIpc) is 2.81. The van der Waals surface area contributed by atoms with E-state index in [9.17, 15) is 24.3 Å². The lowest BCUT2D eigenvalue weighted by atomic mass is 10.0. The van der Waals surface area contributed by atoms with Gasteiger partial charge in [-0.25, -0.2) is 4.79 Å². The second kappa shape index (κ2) is 15.9. The van der Waals surface area contributed by atoms with E-state index in [1.807, 2.05) is 44.2 Å². The molecule has 0 saturated heterocycles. The third kappa shape index (κ3) is 11.2. The van der Waals surface area contributed by atoms with Crippen molar-refractivity contribution in [1.82, 2.24) is 16.0 Å². The zero-order valence-corrected chi connectivity index (χ0v) is 21.8. The SMILES string of the molecule is CC(C)CC(N)C(=O)NC(Cc1ccccc1)C(=O)NC(CCCCN)C(=O)NC(C(=O)O)C(C)C. The fraction of sp³-hybridized carbons (Fsp3) is 0.615. The number of unbranched alkanes of at least 4 members (excludes halogenated alkanes) is 1. The summed E-state index contributed by atoms with van der Waals surface area (Å²) in [4.78, 5) is 50.6. The van der Waals surface area contributed by atoms with E-state index in [0.29, 0.717) is 25.8 Å². The first-order valence-corrected chi connectivity index (χ1v) is 12.6.